The standard InChI is InChI=1S/C17H20FN3O2S/c1-3-23-10(2)17-20-9-14(24-17)16(22)21-13-5-4-11-8-19-7-6-12(11)15(13)18/h4-5,9-10,19H,3,6-8H2,1-2H3,(H,21,22). The smallest absolute Gasteiger partial charge is 0.267 e. The van der Waals surface area contributed by atoms with E-state index in [0.29, 0.717) is 30.0 Å². The largest absolute Gasteiger partial charge is 0.372 e. The van der Waals surface area contributed by atoms with Crippen LogP contribution in [0, 0.1) is 5.82 Å². The first kappa shape index (κ1) is 17.0. The molecule has 5 nitrogen and oxygen atoms in total. The summed E-state index contributed by atoms with van der Waals surface area (Å²) in [6, 6.07) is 3.47. The van der Waals surface area contributed by atoms with Crippen LogP contribution >= 0.6 is 11.3 Å². The number of nitrogens with zero attached hydrogens (tertiary/aromatic N) is 1. The van der Waals surface area contributed by atoms with E-state index >= 15 is 0 Å². The zero-order valence-corrected chi connectivity index (χ0v) is 14.5. The van der Waals surface area contributed by atoms with Gasteiger partial charge in [-0.15, -0.1) is 11.3 Å². The number of ether oxygens (including phenoxy) is 1. The van der Waals surface area contributed by atoms with Crippen LogP contribution in [0.25, 0.3) is 0 Å². The number of fused-ring (bicyclic) bond motifs is 1. The minimum absolute atomic E-state index is 0.158. The van der Waals surface area contributed by atoms with E-state index in [1.807, 2.05) is 19.9 Å². The van der Waals surface area contributed by atoms with E-state index in [1.165, 1.54) is 17.5 Å². The maximum atomic E-state index is 14.6. The number of nitrogens with one attached hydrogen (secondary N) is 2. The lowest BCUT2D eigenvalue weighted by Crippen LogP contribution is -2.25. The van der Waals surface area contributed by atoms with Crippen LogP contribution < -0.4 is 10.6 Å². The van der Waals surface area contributed by atoms with Gasteiger partial charge in [-0.05, 0) is 44.0 Å². The van der Waals surface area contributed by atoms with Crippen LogP contribution in [-0.2, 0) is 17.7 Å². The number of halogens is 1. The zero-order valence-electron chi connectivity index (χ0n) is 13.7. The Morgan fingerprint density at radius 3 is 3.17 bits per heavy atom. The van der Waals surface area contributed by atoms with Crippen molar-refractivity contribution in [2.75, 3.05) is 18.5 Å². The third kappa shape index (κ3) is 3.48. The van der Waals surface area contributed by atoms with Gasteiger partial charge in [0.25, 0.3) is 5.91 Å². The molecule has 1 atom stereocenters. The topological polar surface area (TPSA) is 63.2 Å². The van der Waals surface area contributed by atoms with E-state index in [-0.39, 0.29) is 23.5 Å². The van der Waals surface area contributed by atoms with Gasteiger partial charge in [0.2, 0.25) is 0 Å². The highest BCUT2D eigenvalue weighted by molar-refractivity contribution is 7.13. The highest BCUT2D eigenvalue weighted by atomic mass is 32.1. The molecule has 1 aliphatic rings. The van der Waals surface area contributed by atoms with E-state index < -0.39 is 0 Å². The molecular formula is C17H20FN3O2S. The van der Waals surface area contributed by atoms with Gasteiger partial charge in [-0.1, -0.05) is 6.07 Å². The van der Waals surface area contributed by atoms with Crippen LogP contribution in [-0.4, -0.2) is 24.0 Å². The van der Waals surface area contributed by atoms with E-state index in [9.17, 15) is 9.18 Å². The number of thiazole rings is 1. The molecule has 1 aliphatic heterocycles. The van der Waals surface area contributed by atoms with Crippen molar-refractivity contribution in [3.05, 3.63) is 45.2 Å². The Kier molecular flexibility index (Phi) is 5.23. The Morgan fingerprint density at radius 1 is 1.54 bits per heavy atom. The molecule has 2 N–H and O–H groups in total. The molecule has 1 aromatic carbocycles. The minimum Gasteiger partial charge on any atom is -0.372 e. The highest BCUT2D eigenvalue weighted by Gasteiger charge is 2.19. The maximum absolute atomic E-state index is 14.6. The molecule has 0 aliphatic carbocycles. The summed E-state index contributed by atoms with van der Waals surface area (Å²) in [7, 11) is 0. The van der Waals surface area contributed by atoms with Gasteiger partial charge in [-0.3, -0.25) is 4.79 Å². The summed E-state index contributed by atoms with van der Waals surface area (Å²) < 4.78 is 20.1. The van der Waals surface area contributed by atoms with E-state index in [0.717, 1.165) is 17.1 Å². The SMILES string of the molecule is CCOC(C)c1ncc(C(=O)Nc2ccc3c(c2F)CCNC3)s1. The third-order valence-corrected chi connectivity index (χ3v) is 5.12. The van der Waals surface area contributed by atoms with Crippen molar-refractivity contribution < 1.29 is 13.9 Å². The molecule has 1 amide bonds. The first-order valence-electron chi connectivity index (χ1n) is 7.99. The van der Waals surface area contributed by atoms with Crippen molar-refractivity contribution in [1.82, 2.24) is 10.3 Å². The molecule has 2 heterocycles. The van der Waals surface area contributed by atoms with Crippen LogP contribution in [0.5, 0.6) is 0 Å². The average Bonchev–Trinajstić information content (AvgIpc) is 3.08. The molecule has 128 valence electrons. The first-order valence-corrected chi connectivity index (χ1v) is 8.81. The van der Waals surface area contributed by atoms with Crippen LogP contribution in [0.3, 0.4) is 0 Å². The minimum atomic E-state index is -0.352. The predicted octanol–water partition coefficient (Wildman–Crippen LogP) is 3.28. The van der Waals surface area contributed by atoms with Crippen molar-refractivity contribution in [1.29, 1.82) is 0 Å². The normalized spacial score (nSPS) is 15.0. The van der Waals surface area contributed by atoms with E-state index in [1.54, 1.807) is 6.07 Å². The first-order chi connectivity index (χ1) is 11.6. The number of carbonyl (C=O) groups is 1. The summed E-state index contributed by atoms with van der Waals surface area (Å²) in [4.78, 5) is 17.0. The molecule has 0 saturated carbocycles. The van der Waals surface area contributed by atoms with Gasteiger partial charge in [0.1, 0.15) is 21.8 Å². The Hall–Kier alpha value is -1.83. The summed E-state index contributed by atoms with van der Waals surface area (Å²) in [5, 5.41) is 6.60. The number of hydrogen-bond donors (Lipinski definition) is 2. The van der Waals surface area contributed by atoms with Crippen molar-refractivity contribution in [3.63, 3.8) is 0 Å². The Bertz CT molecular complexity index is 747. The van der Waals surface area contributed by atoms with Gasteiger partial charge in [0.05, 0.1) is 11.9 Å². The fourth-order valence-electron chi connectivity index (χ4n) is 2.72. The molecule has 7 heteroatoms. The van der Waals surface area contributed by atoms with Crippen LogP contribution in [0.1, 0.15) is 45.8 Å². The second-order valence-electron chi connectivity index (χ2n) is 5.61. The van der Waals surface area contributed by atoms with Gasteiger partial charge >= 0.3 is 0 Å². The Morgan fingerprint density at radius 2 is 2.38 bits per heavy atom. The monoisotopic (exact) mass is 349 g/mol. The lowest BCUT2D eigenvalue weighted by molar-refractivity contribution is 0.0762. The molecule has 1 aromatic heterocycles. The lowest BCUT2D eigenvalue weighted by atomic mass is 9.99. The fourth-order valence-corrected chi connectivity index (χ4v) is 3.53. The second kappa shape index (κ2) is 7.38. The number of benzene rings is 1. The number of amides is 1. The number of carbonyl (C=O) groups excluding carboxylic acids is 1. The highest BCUT2D eigenvalue weighted by Crippen LogP contribution is 2.27. The van der Waals surface area contributed by atoms with Gasteiger partial charge in [0.15, 0.2) is 0 Å². The molecule has 0 spiro atoms. The van der Waals surface area contributed by atoms with Crippen LogP contribution in [0.2, 0.25) is 0 Å². The molecule has 0 bridgehead atoms. The third-order valence-electron chi connectivity index (χ3n) is 3.97. The predicted molar refractivity (Wildman–Crippen MR) is 91.9 cm³/mol. The fraction of sp³-hybridized carbons (Fsp3) is 0.412. The molecule has 3 rings (SSSR count). The van der Waals surface area contributed by atoms with E-state index in [2.05, 4.69) is 15.6 Å². The van der Waals surface area contributed by atoms with Gasteiger partial charge in [-0.25, -0.2) is 9.37 Å². The number of anilines is 1. The van der Waals surface area contributed by atoms with Crippen LogP contribution in [0.15, 0.2) is 18.3 Å². The lowest BCUT2D eigenvalue weighted by Gasteiger charge is -2.19. The quantitative estimate of drug-likeness (QED) is 0.870. The maximum Gasteiger partial charge on any atom is 0.267 e. The summed E-state index contributed by atoms with van der Waals surface area (Å²) >= 11 is 1.26. The van der Waals surface area contributed by atoms with Gasteiger partial charge in [0, 0.05) is 13.2 Å². The molecule has 0 radical (unpaired) electrons. The van der Waals surface area contributed by atoms with E-state index in [4.69, 9.17) is 4.74 Å². The molecule has 24 heavy (non-hydrogen) atoms. The second-order valence-corrected chi connectivity index (χ2v) is 6.67. The number of hydrogen-bond acceptors (Lipinski definition) is 5. The molecule has 0 fully saturated rings. The molecular weight excluding hydrogens is 329 g/mol. The zero-order chi connectivity index (χ0) is 17.1. The van der Waals surface area contributed by atoms with Crippen molar-refractivity contribution in [2.45, 2.75) is 32.9 Å². The molecule has 1 unspecified atom stereocenters. The van der Waals surface area contributed by atoms with Crippen LogP contribution in [0.4, 0.5) is 10.1 Å². The van der Waals surface area contributed by atoms with Gasteiger partial charge in [-0.2, -0.15) is 0 Å². The summed E-state index contributed by atoms with van der Waals surface area (Å²) in [5.74, 6) is -0.690. The van der Waals surface area contributed by atoms with Crippen molar-refractivity contribution in [3.8, 4) is 0 Å². The Labute approximate surface area is 144 Å². The summed E-state index contributed by atoms with van der Waals surface area (Å²) in [6.07, 6.45) is 1.97. The number of aromatic nitrogens is 1. The molecule has 0 saturated heterocycles. The molecule has 2 aromatic rings. The average molecular weight is 349 g/mol. The van der Waals surface area contributed by atoms with Crippen molar-refractivity contribution >= 4 is 22.9 Å². The summed E-state index contributed by atoms with van der Waals surface area (Å²) in [6.45, 7) is 5.79. The number of rotatable bonds is 5. The van der Waals surface area contributed by atoms with Gasteiger partial charge < -0.3 is 15.4 Å². The summed E-state index contributed by atoms with van der Waals surface area (Å²) in [5.41, 5.74) is 1.84. The van der Waals surface area contributed by atoms with Crippen molar-refractivity contribution in [2.24, 2.45) is 0 Å². The Balaban J connectivity index is 1.75.